The molecule has 1 aromatic carbocycles. The minimum atomic E-state index is -0.902. The highest BCUT2D eigenvalue weighted by Gasteiger charge is 2.33. The van der Waals surface area contributed by atoms with E-state index in [1.54, 1.807) is 0 Å². The smallest absolute Gasteiger partial charge is 0.326 e. The molecule has 0 spiro atoms. The fraction of sp³-hybridized carbons (Fsp3) is 0.529. The summed E-state index contributed by atoms with van der Waals surface area (Å²) in [7, 11) is 0. The highest BCUT2D eigenvalue weighted by molar-refractivity contribution is 5.85. The van der Waals surface area contributed by atoms with E-state index in [1.807, 2.05) is 37.3 Å². The number of ether oxygens (including phenoxy) is 1. The number of rotatable bonds is 6. The Kier molecular flexibility index (Phi) is 5.81. The summed E-state index contributed by atoms with van der Waals surface area (Å²) in [6.07, 6.45) is 2.87. The van der Waals surface area contributed by atoms with Crippen LogP contribution >= 0.6 is 0 Å². The Morgan fingerprint density at radius 3 is 2.73 bits per heavy atom. The molecule has 22 heavy (non-hydrogen) atoms. The molecule has 1 aromatic rings. The molecular formula is C17H23NO4. The number of carboxylic acids is 1. The van der Waals surface area contributed by atoms with Crippen LogP contribution in [0.5, 0.6) is 5.75 Å². The highest BCUT2D eigenvalue weighted by Crippen LogP contribution is 2.21. The lowest BCUT2D eigenvalue weighted by atomic mass is 9.98. The van der Waals surface area contributed by atoms with Crippen LogP contribution in [0, 0.1) is 5.92 Å². The van der Waals surface area contributed by atoms with Gasteiger partial charge < -0.3 is 14.7 Å². The first-order chi connectivity index (χ1) is 10.6. The zero-order valence-electron chi connectivity index (χ0n) is 12.9. The number of carbonyl (C=O) groups excluding carboxylic acids is 1. The van der Waals surface area contributed by atoms with Gasteiger partial charge in [0.1, 0.15) is 11.8 Å². The van der Waals surface area contributed by atoms with Gasteiger partial charge in [0.25, 0.3) is 0 Å². The fourth-order valence-corrected chi connectivity index (χ4v) is 2.73. The van der Waals surface area contributed by atoms with E-state index in [0.717, 1.165) is 18.6 Å². The van der Waals surface area contributed by atoms with Gasteiger partial charge >= 0.3 is 5.97 Å². The molecule has 0 aromatic heterocycles. The summed E-state index contributed by atoms with van der Waals surface area (Å²) < 4.78 is 5.60. The Bertz CT molecular complexity index is 503. The number of para-hydroxylation sites is 1. The summed E-state index contributed by atoms with van der Waals surface area (Å²) >= 11 is 0. The van der Waals surface area contributed by atoms with Crippen LogP contribution in [0.2, 0.25) is 0 Å². The third kappa shape index (κ3) is 4.23. The van der Waals surface area contributed by atoms with Crippen molar-refractivity contribution in [2.75, 3.05) is 13.2 Å². The van der Waals surface area contributed by atoms with E-state index in [9.17, 15) is 14.7 Å². The lowest BCUT2D eigenvalue weighted by Gasteiger charge is -2.34. The van der Waals surface area contributed by atoms with E-state index in [-0.39, 0.29) is 11.8 Å². The molecule has 0 bridgehead atoms. The molecule has 0 aliphatic carbocycles. The first-order valence-corrected chi connectivity index (χ1v) is 7.80. The molecule has 5 nitrogen and oxygen atoms in total. The molecule has 0 radical (unpaired) electrons. The third-order valence-corrected chi connectivity index (χ3v) is 4.06. The van der Waals surface area contributed by atoms with Crippen LogP contribution in [0.1, 0.15) is 32.6 Å². The normalized spacial score (nSPS) is 19.5. The molecule has 1 N–H and O–H groups in total. The lowest BCUT2D eigenvalue weighted by molar-refractivity contribution is -0.153. The van der Waals surface area contributed by atoms with Crippen LogP contribution in [-0.4, -0.2) is 41.1 Å². The second-order valence-electron chi connectivity index (χ2n) is 5.73. The monoisotopic (exact) mass is 305 g/mol. The number of benzene rings is 1. The molecule has 5 heteroatoms. The van der Waals surface area contributed by atoms with Crippen molar-refractivity contribution in [1.82, 2.24) is 4.90 Å². The van der Waals surface area contributed by atoms with Crippen molar-refractivity contribution in [1.29, 1.82) is 0 Å². The summed E-state index contributed by atoms with van der Waals surface area (Å²) in [5, 5.41) is 9.25. The first-order valence-electron chi connectivity index (χ1n) is 7.80. The number of hydrogen-bond donors (Lipinski definition) is 1. The summed E-state index contributed by atoms with van der Waals surface area (Å²) in [5.74, 6) is -0.434. The van der Waals surface area contributed by atoms with Crippen LogP contribution in [0.3, 0.4) is 0 Å². The van der Waals surface area contributed by atoms with E-state index >= 15 is 0 Å². The summed E-state index contributed by atoms with van der Waals surface area (Å²) in [4.78, 5) is 25.3. The second-order valence-corrected chi connectivity index (χ2v) is 5.73. The van der Waals surface area contributed by atoms with Crippen molar-refractivity contribution in [3.8, 4) is 5.75 Å². The van der Waals surface area contributed by atoms with Crippen LogP contribution in [0.25, 0.3) is 0 Å². The lowest BCUT2D eigenvalue weighted by Crippen LogP contribution is -2.49. The first kappa shape index (κ1) is 16.3. The number of hydrogen-bond acceptors (Lipinski definition) is 3. The van der Waals surface area contributed by atoms with E-state index in [2.05, 4.69) is 0 Å². The van der Waals surface area contributed by atoms with Crippen LogP contribution in [0.15, 0.2) is 30.3 Å². The van der Waals surface area contributed by atoms with Gasteiger partial charge in [-0.15, -0.1) is 0 Å². The summed E-state index contributed by atoms with van der Waals surface area (Å²) in [6, 6.07) is 8.79. The second kappa shape index (κ2) is 7.82. The maximum Gasteiger partial charge on any atom is 0.326 e. The zero-order valence-corrected chi connectivity index (χ0v) is 12.9. The standard InChI is InChI=1S/C17H23NO4/c1-13(10-12-22-14-7-3-2-4-8-14)16(19)18-11-6-5-9-15(18)17(20)21/h2-4,7-8,13,15H,5-6,9-12H2,1H3,(H,20,21). The van der Waals surface area contributed by atoms with Crippen LogP contribution in [0.4, 0.5) is 0 Å². The molecule has 120 valence electrons. The molecule has 1 fully saturated rings. The quantitative estimate of drug-likeness (QED) is 0.877. The van der Waals surface area contributed by atoms with Gasteiger partial charge in [-0.2, -0.15) is 0 Å². The SMILES string of the molecule is CC(CCOc1ccccc1)C(=O)N1CCCCC1C(=O)O. The molecule has 2 unspecified atom stereocenters. The fourth-order valence-electron chi connectivity index (χ4n) is 2.73. The molecule has 0 saturated carbocycles. The maximum absolute atomic E-state index is 12.5. The van der Waals surface area contributed by atoms with E-state index in [0.29, 0.717) is 26.0 Å². The Balaban J connectivity index is 1.84. The predicted octanol–water partition coefficient (Wildman–Crippen LogP) is 2.56. The molecule has 1 aliphatic rings. The van der Waals surface area contributed by atoms with Crippen molar-refractivity contribution in [3.63, 3.8) is 0 Å². The Morgan fingerprint density at radius 2 is 2.05 bits per heavy atom. The van der Waals surface area contributed by atoms with Gasteiger partial charge in [-0.05, 0) is 37.8 Å². The summed E-state index contributed by atoms with van der Waals surface area (Å²) in [6.45, 7) is 2.83. The number of carboxylic acid groups (broad SMARTS) is 1. The van der Waals surface area contributed by atoms with E-state index in [1.165, 1.54) is 4.90 Å². The number of nitrogens with zero attached hydrogens (tertiary/aromatic N) is 1. The molecule has 2 atom stereocenters. The van der Waals surface area contributed by atoms with Crippen molar-refractivity contribution in [3.05, 3.63) is 30.3 Å². The van der Waals surface area contributed by atoms with Gasteiger partial charge in [-0.1, -0.05) is 25.1 Å². The largest absolute Gasteiger partial charge is 0.494 e. The van der Waals surface area contributed by atoms with E-state index in [4.69, 9.17) is 4.74 Å². The van der Waals surface area contributed by atoms with Crippen molar-refractivity contribution >= 4 is 11.9 Å². The van der Waals surface area contributed by atoms with Gasteiger partial charge in [0, 0.05) is 12.5 Å². The Hall–Kier alpha value is -2.04. The maximum atomic E-state index is 12.5. The molecule has 1 amide bonds. The van der Waals surface area contributed by atoms with Crippen molar-refractivity contribution in [2.24, 2.45) is 5.92 Å². The molecule has 1 heterocycles. The van der Waals surface area contributed by atoms with Crippen LogP contribution < -0.4 is 4.74 Å². The minimum absolute atomic E-state index is 0.0799. The van der Waals surface area contributed by atoms with Gasteiger partial charge in [-0.25, -0.2) is 4.79 Å². The van der Waals surface area contributed by atoms with Gasteiger partial charge in [0.05, 0.1) is 6.61 Å². The van der Waals surface area contributed by atoms with Crippen molar-refractivity contribution < 1.29 is 19.4 Å². The molecule has 2 rings (SSSR count). The van der Waals surface area contributed by atoms with Gasteiger partial charge in [-0.3, -0.25) is 4.79 Å². The number of piperidine rings is 1. The number of likely N-dealkylation sites (tertiary alicyclic amines) is 1. The molecular weight excluding hydrogens is 282 g/mol. The predicted molar refractivity (Wildman–Crippen MR) is 82.7 cm³/mol. The Morgan fingerprint density at radius 1 is 1.32 bits per heavy atom. The topological polar surface area (TPSA) is 66.8 Å². The van der Waals surface area contributed by atoms with Gasteiger partial charge in [0.2, 0.25) is 5.91 Å². The Labute approximate surface area is 130 Å². The molecule has 1 aliphatic heterocycles. The van der Waals surface area contributed by atoms with E-state index < -0.39 is 12.0 Å². The molecule has 1 saturated heterocycles. The highest BCUT2D eigenvalue weighted by atomic mass is 16.5. The summed E-state index contributed by atoms with van der Waals surface area (Å²) in [5.41, 5.74) is 0. The third-order valence-electron chi connectivity index (χ3n) is 4.06. The van der Waals surface area contributed by atoms with Crippen LogP contribution in [-0.2, 0) is 9.59 Å². The number of amides is 1. The van der Waals surface area contributed by atoms with Crippen molar-refractivity contribution in [2.45, 2.75) is 38.6 Å². The average molecular weight is 305 g/mol. The average Bonchev–Trinajstić information content (AvgIpc) is 2.55. The zero-order chi connectivity index (χ0) is 15.9. The number of aliphatic carboxylic acids is 1. The van der Waals surface area contributed by atoms with Gasteiger partial charge in [0.15, 0.2) is 0 Å². The number of carbonyl (C=O) groups is 2. The minimum Gasteiger partial charge on any atom is -0.494 e.